The second-order valence-corrected chi connectivity index (χ2v) is 9.49. The van der Waals surface area contributed by atoms with E-state index >= 15 is 0 Å². The number of ketones is 2. The average Bonchev–Trinajstić information content (AvgIpc) is 3.48. The zero-order valence-electron chi connectivity index (χ0n) is 17.9. The third-order valence-electron chi connectivity index (χ3n) is 5.98. The van der Waals surface area contributed by atoms with Crippen molar-refractivity contribution in [1.82, 2.24) is 4.57 Å². The summed E-state index contributed by atoms with van der Waals surface area (Å²) in [6.45, 7) is 0.366. The summed E-state index contributed by atoms with van der Waals surface area (Å²) in [5, 5.41) is 11.9. The lowest BCUT2D eigenvalue weighted by molar-refractivity contribution is -0.119. The molecule has 7 nitrogen and oxygen atoms in total. The Labute approximate surface area is 208 Å². The molecule has 0 fully saturated rings. The summed E-state index contributed by atoms with van der Waals surface area (Å²) < 4.78 is 2.18. The predicted molar refractivity (Wildman–Crippen MR) is 133 cm³/mol. The van der Waals surface area contributed by atoms with Gasteiger partial charge in [-0.2, -0.15) is 5.11 Å². The van der Waals surface area contributed by atoms with E-state index in [2.05, 4.69) is 31.4 Å². The average molecular weight is 538 g/mol. The zero-order chi connectivity index (χ0) is 23.8. The van der Waals surface area contributed by atoms with Crippen molar-refractivity contribution in [3.63, 3.8) is 0 Å². The lowest BCUT2D eigenvalue weighted by Gasteiger charge is -2.15. The van der Waals surface area contributed by atoms with Crippen LogP contribution in [0, 0.1) is 0 Å². The third-order valence-corrected chi connectivity index (χ3v) is 6.90. The minimum Gasteiger partial charge on any atom is -0.304 e. The molecule has 5 rings (SSSR count). The molecule has 0 saturated carbocycles. The molecule has 0 radical (unpaired) electrons. The molecule has 3 aromatic rings. The van der Waals surface area contributed by atoms with Gasteiger partial charge in [-0.25, -0.2) is 0 Å². The number of fused-ring (bicyclic) bond motifs is 1. The number of pyridine rings is 1. The van der Waals surface area contributed by atoms with E-state index in [1.54, 1.807) is 18.2 Å². The molecule has 34 heavy (non-hydrogen) atoms. The van der Waals surface area contributed by atoms with Crippen molar-refractivity contribution >= 4 is 44.8 Å². The molecule has 2 aromatic carbocycles. The number of hydrogen-bond donors (Lipinski definition) is 0. The number of benzene rings is 2. The minimum atomic E-state index is -0.314. The maximum absolute atomic E-state index is 13.1. The van der Waals surface area contributed by atoms with Crippen LogP contribution < -0.4 is 5.56 Å². The topological polar surface area (TPSA) is 93.2 Å². The Balaban J connectivity index is 1.42. The number of nitrogens with zero attached hydrogens (tertiary/aromatic N) is 4. The van der Waals surface area contributed by atoms with Gasteiger partial charge in [0.05, 0.1) is 12.3 Å². The largest absolute Gasteiger partial charge is 0.304 e. The molecule has 0 atom stereocenters. The molecule has 0 amide bonds. The number of rotatable bonds is 6. The number of aromatic nitrogens is 1. The van der Waals surface area contributed by atoms with E-state index in [0.29, 0.717) is 46.8 Å². The van der Waals surface area contributed by atoms with Crippen molar-refractivity contribution < 1.29 is 9.59 Å². The van der Waals surface area contributed by atoms with Gasteiger partial charge in [0.1, 0.15) is 6.54 Å². The molecule has 2 heterocycles. The second kappa shape index (κ2) is 9.19. The monoisotopic (exact) mass is 536 g/mol. The molecule has 9 heteroatoms. The summed E-state index contributed by atoms with van der Waals surface area (Å²) in [7, 11) is 0. The van der Waals surface area contributed by atoms with Gasteiger partial charge in [0, 0.05) is 45.2 Å². The van der Waals surface area contributed by atoms with Gasteiger partial charge in [0.15, 0.2) is 11.6 Å². The Morgan fingerprint density at radius 3 is 2.56 bits per heavy atom. The Kier molecular flexibility index (Phi) is 6.10. The maximum Gasteiger partial charge on any atom is 0.251 e. The summed E-state index contributed by atoms with van der Waals surface area (Å²) in [6.07, 6.45) is 0.913. The normalized spacial score (nSPS) is 14.4. The summed E-state index contributed by atoms with van der Waals surface area (Å²) in [5.41, 5.74) is 4.55. The van der Waals surface area contributed by atoms with Crippen LogP contribution in [0.15, 0.2) is 73.2 Å². The highest BCUT2D eigenvalue weighted by atomic mass is 79.9. The van der Waals surface area contributed by atoms with E-state index in [1.165, 1.54) is 10.6 Å². The lowest BCUT2D eigenvalue weighted by Crippen LogP contribution is -2.28. The molecule has 0 N–H and O–H groups in total. The smallest absolute Gasteiger partial charge is 0.251 e. The first kappa shape index (κ1) is 22.6. The number of carbonyl (C=O) groups excluding carboxylic acids is 2. The van der Waals surface area contributed by atoms with Crippen molar-refractivity contribution in [1.29, 1.82) is 0 Å². The van der Waals surface area contributed by atoms with Gasteiger partial charge in [0.2, 0.25) is 0 Å². The van der Waals surface area contributed by atoms with E-state index in [-0.39, 0.29) is 30.1 Å². The van der Waals surface area contributed by atoms with Gasteiger partial charge in [-0.1, -0.05) is 51.8 Å². The number of hydrogen-bond acceptors (Lipinski definition) is 6. The predicted octanol–water partition coefficient (Wildman–Crippen LogP) is 5.04. The molecule has 0 spiro atoms. The van der Waals surface area contributed by atoms with Crippen LogP contribution in [0.5, 0.6) is 0 Å². The van der Waals surface area contributed by atoms with Crippen molar-refractivity contribution in [2.45, 2.75) is 25.8 Å². The summed E-state index contributed by atoms with van der Waals surface area (Å²) in [4.78, 5) is 38.7. The molecule has 0 unspecified atom stereocenters. The first-order valence-corrected chi connectivity index (χ1v) is 11.9. The third kappa shape index (κ3) is 4.31. The fraction of sp³-hybridized carbons (Fsp3) is 0.200. The van der Waals surface area contributed by atoms with Crippen molar-refractivity contribution in [2.24, 2.45) is 15.4 Å². The highest BCUT2D eigenvalue weighted by Crippen LogP contribution is 2.36. The molecular weight excluding hydrogens is 520 g/mol. The van der Waals surface area contributed by atoms with E-state index in [1.807, 2.05) is 24.3 Å². The van der Waals surface area contributed by atoms with E-state index in [4.69, 9.17) is 11.6 Å². The molecule has 170 valence electrons. The van der Waals surface area contributed by atoms with Crippen LogP contribution in [0.1, 0.15) is 33.6 Å². The van der Waals surface area contributed by atoms with Crippen LogP contribution in [0.3, 0.4) is 0 Å². The van der Waals surface area contributed by atoms with Gasteiger partial charge < -0.3 is 4.57 Å². The lowest BCUT2D eigenvalue weighted by atomic mass is 9.98. The van der Waals surface area contributed by atoms with E-state index in [0.717, 1.165) is 21.3 Å². The first-order chi connectivity index (χ1) is 16.4. The maximum atomic E-state index is 13.1. The Morgan fingerprint density at radius 2 is 1.82 bits per heavy atom. The summed E-state index contributed by atoms with van der Waals surface area (Å²) >= 11 is 9.66. The number of carbonyl (C=O) groups is 2. The highest BCUT2D eigenvalue weighted by molar-refractivity contribution is 9.10. The van der Waals surface area contributed by atoms with Crippen LogP contribution >= 0.6 is 27.5 Å². The SMILES string of the molecule is O=C(Cc1ccc(C2=NN=NC2)cc1)Cn1c2c(c(-c3cc(Cl)ccc3Br)cc1=O)C(=O)CC2. The number of halogens is 2. The standard InChI is InChI=1S/C25H18BrClN4O3/c26-20-6-5-16(27)10-18(20)19-11-24(34)31(22-7-8-23(33)25(19)22)13-17(32)9-14-1-3-15(4-2-14)21-12-28-30-29-21/h1-6,10-11H,7-9,12-13H2. The highest BCUT2D eigenvalue weighted by Gasteiger charge is 2.29. The zero-order valence-corrected chi connectivity index (χ0v) is 20.3. The van der Waals surface area contributed by atoms with Crippen molar-refractivity contribution in [3.8, 4) is 11.1 Å². The van der Waals surface area contributed by atoms with Crippen LogP contribution in [0.4, 0.5) is 0 Å². The van der Waals surface area contributed by atoms with Crippen molar-refractivity contribution in [2.75, 3.05) is 6.54 Å². The van der Waals surface area contributed by atoms with Gasteiger partial charge in [-0.15, -0.1) is 5.10 Å². The molecule has 0 bridgehead atoms. The molecule has 2 aliphatic rings. The molecular formula is C25H18BrClN4O3. The fourth-order valence-corrected chi connectivity index (χ4v) is 4.99. The van der Waals surface area contributed by atoms with Crippen LogP contribution in [0.2, 0.25) is 5.02 Å². The second-order valence-electron chi connectivity index (χ2n) is 8.20. The van der Waals surface area contributed by atoms with E-state index in [9.17, 15) is 14.4 Å². The Morgan fingerprint density at radius 1 is 1.03 bits per heavy atom. The summed E-state index contributed by atoms with van der Waals surface area (Å²) in [6, 6.07) is 14.2. The quantitative estimate of drug-likeness (QED) is 0.441. The van der Waals surface area contributed by atoms with Crippen LogP contribution in [-0.2, 0) is 24.2 Å². The molecule has 0 saturated heterocycles. The Hall–Kier alpha value is -3.23. The summed E-state index contributed by atoms with van der Waals surface area (Å²) in [5.74, 6) is -0.154. The Bertz CT molecular complexity index is 1460. The van der Waals surface area contributed by atoms with Gasteiger partial charge in [-0.3, -0.25) is 14.4 Å². The molecule has 1 aromatic heterocycles. The van der Waals surface area contributed by atoms with Crippen LogP contribution in [0.25, 0.3) is 11.1 Å². The molecule has 1 aliphatic carbocycles. The minimum absolute atomic E-state index is 0.0399. The van der Waals surface area contributed by atoms with Gasteiger partial charge >= 0.3 is 0 Å². The van der Waals surface area contributed by atoms with Gasteiger partial charge in [-0.05, 0) is 46.5 Å². The fourth-order valence-electron chi connectivity index (χ4n) is 4.35. The first-order valence-electron chi connectivity index (χ1n) is 10.7. The van der Waals surface area contributed by atoms with Crippen molar-refractivity contribution in [3.05, 3.63) is 90.8 Å². The number of Topliss-reactive ketones (excluding diaryl/α,β-unsaturated/α-hetero) is 2. The molecule has 1 aliphatic heterocycles. The van der Waals surface area contributed by atoms with E-state index < -0.39 is 0 Å². The van der Waals surface area contributed by atoms with Crippen LogP contribution in [-0.4, -0.2) is 28.4 Å². The van der Waals surface area contributed by atoms with Gasteiger partial charge in [0.25, 0.3) is 5.56 Å².